The van der Waals surface area contributed by atoms with Gasteiger partial charge < -0.3 is 10.1 Å². The summed E-state index contributed by atoms with van der Waals surface area (Å²) in [6.07, 6.45) is 5.48. The Morgan fingerprint density at radius 3 is 2.88 bits per heavy atom. The van der Waals surface area contributed by atoms with Crippen LogP contribution < -0.4 is 5.32 Å². The van der Waals surface area contributed by atoms with E-state index >= 15 is 0 Å². The molecule has 3 rings (SSSR count). The maximum Gasteiger partial charge on any atom is 0.161 e. The first-order valence-electron chi connectivity index (χ1n) is 5.64. The Morgan fingerprint density at radius 2 is 2.24 bits per heavy atom. The van der Waals surface area contributed by atoms with Crippen molar-refractivity contribution in [2.45, 2.75) is 13.0 Å². The maximum absolute atomic E-state index is 5.16. The van der Waals surface area contributed by atoms with E-state index < -0.39 is 0 Å². The summed E-state index contributed by atoms with van der Waals surface area (Å²) in [7, 11) is 0. The lowest BCUT2D eigenvalue weighted by molar-refractivity contribution is 0.0211. The van der Waals surface area contributed by atoms with E-state index in [1.165, 1.54) is 0 Å². The molecule has 1 aliphatic heterocycles. The van der Waals surface area contributed by atoms with Gasteiger partial charge in [-0.25, -0.2) is 9.97 Å². The van der Waals surface area contributed by atoms with Crippen molar-refractivity contribution in [2.75, 3.05) is 18.5 Å². The van der Waals surface area contributed by atoms with Crippen LogP contribution in [0.4, 0.5) is 5.69 Å². The molecular formula is C12H14N4O. The molecule has 0 aromatic carbocycles. The van der Waals surface area contributed by atoms with Crippen LogP contribution >= 0.6 is 0 Å². The first kappa shape index (κ1) is 10.3. The van der Waals surface area contributed by atoms with E-state index in [4.69, 9.17) is 4.74 Å². The van der Waals surface area contributed by atoms with E-state index in [1.807, 2.05) is 29.8 Å². The fourth-order valence-electron chi connectivity index (χ4n) is 1.84. The maximum atomic E-state index is 5.16. The third-order valence-corrected chi connectivity index (χ3v) is 2.84. The molecule has 1 N–H and O–H groups in total. The van der Waals surface area contributed by atoms with Gasteiger partial charge in [0, 0.05) is 18.6 Å². The van der Waals surface area contributed by atoms with E-state index in [2.05, 4.69) is 15.3 Å². The zero-order valence-corrected chi connectivity index (χ0v) is 9.63. The molecule has 0 aliphatic carbocycles. The molecule has 17 heavy (non-hydrogen) atoms. The van der Waals surface area contributed by atoms with Gasteiger partial charge in [0.25, 0.3) is 0 Å². The minimum atomic E-state index is 0.391. The van der Waals surface area contributed by atoms with E-state index in [1.54, 1.807) is 12.4 Å². The van der Waals surface area contributed by atoms with Crippen molar-refractivity contribution in [1.82, 2.24) is 14.5 Å². The summed E-state index contributed by atoms with van der Waals surface area (Å²) in [5.41, 5.74) is 1.02. The minimum absolute atomic E-state index is 0.391. The molecular weight excluding hydrogens is 216 g/mol. The summed E-state index contributed by atoms with van der Waals surface area (Å²) in [5.74, 6) is 1.81. The molecule has 88 valence electrons. The summed E-state index contributed by atoms with van der Waals surface area (Å²) in [5, 5.41) is 3.43. The summed E-state index contributed by atoms with van der Waals surface area (Å²) in [6, 6.07) is 4.35. The highest BCUT2D eigenvalue weighted by Crippen LogP contribution is 2.20. The van der Waals surface area contributed by atoms with Crippen molar-refractivity contribution >= 4 is 5.69 Å². The second kappa shape index (κ2) is 4.18. The normalized spacial score (nSPS) is 15.6. The van der Waals surface area contributed by atoms with Gasteiger partial charge in [-0.2, -0.15) is 0 Å². The SMILES string of the molecule is Cc1nccn1-c1ncccc1NC1COC1. The molecule has 0 bridgehead atoms. The van der Waals surface area contributed by atoms with Gasteiger partial charge in [0.05, 0.1) is 24.9 Å². The van der Waals surface area contributed by atoms with E-state index in [9.17, 15) is 0 Å². The predicted molar refractivity (Wildman–Crippen MR) is 64.3 cm³/mol. The first-order chi connectivity index (χ1) is 8.34. The molecule has 0 saturated carbocycles. The van der Waals surface area contributed by atoms with Crippen LogP contribution in [-0.4, -0.2) is 33.8 Å². The van der Waals surface area contributed by atoms with Crippen LogP contribution in [0.5, 0.6) is 0 Å². The number of pyridine rings is 1. The molecule has 1 aliphatic rings. The number of hydrogen-bond acceptors (Lipinski definition) is 4. The Hall–Kier alpha value is -1.88. The van der Waals surface area contributed by atoms with Gasteiger partial charge in [-0.15, -0.1) is 0 Å². The smallest absolute Gasteiger partial charge is 0.161 e. The van der Waals surface area contributed by atoms with E-state index in [-0.39, 0.29) is 0 Å². The molecule has 3 heterocycles. The lowest BCUT2D eigenvalue weighted by Gasteiger charge is -2.28. The standard InChI is InChI=1S/C12H14N4O/c1-9-13-5-6-16(9)12-11(3-2-4-14-12)15-10-7-17-8-10/h2-6,10,15H,7-8H2,1H3. The van der Waals surface area contributed by atoms with Crippen molar-refractivity contribution in [3.05, 3.63) is 36.5 Å². The van der Waals surface area contributed by atoms with E-state index in [0.29, 0.717) is 6.04 Å². The second-order valence-corrected chi connectivity index (χ2v) is 4.10. The lowest BCUT2D eigenvalue weighted by atomic mass is 10.2. The number of ether oxygens (including phenoxy) is 1. The van der Waals surface area contributed by atoms with Crippen LogP contribution in [0.15, 0.2) is 30.7 Å². The van der Waals surface area contributed by atoms with Crippen LogP contribution in [0, 0.1) is 6.92 Å². The van der Waals surface area contributed by atoms with E-state index in [0.717, 1.165) is 30.5 Å². The van der Waals surface area contributed by atoms with Crippen molar-refractivity contribution in [2.24, 2.45) is 0 Å². The van der Waals surface area contributed by atoms with Crippen LogP contribution in [-0.2, 0) is 4.74 Å². The van der Waals surface area contributed by atoms with Gasteiger partial charge in [0.2, 0.25) is 0 Å². The highest BCUT2D eigenvalue weighted by atomic mass is 16.5. The number of anilines is 1. The molecule has 0 atom stereocenters. The molecule has 5 heteroatoms. The Balaban J connectivity index is 1.95. The number of aromatic nitrogens is 3. The Labute approximate surface area is 99.5 Å². The molecule has 0 unspecified atom stereocenters. The zero-order chi connectivity index (χ0) is 11.7. The fraction of sp³-hybridized carbons (Fsp3) is 0.333. The van der Waals surface area contributed by atoms with Crippen LogP contribution in [0.1, 0.15) is 5.82 Å². The Morgan fingerprint density at radius 1 is 1.35 bits per heavy atom. The largest absolute Gasteiger partial charge is 0.377 e. The van der Waals surface area contributed by atoms with Crippen LogP contribution in [0.3, 0.4) is 0 Å². The molecule has 1 saturated heterocycles. The average Bonchev–Trinajstić information content (AvgIpc) is 2.70. The van der Waals surface area contributed by atoms with Gasteiger partial charge in [-0.1, -0.05) is 0 Å². The Bertz CT molecular complexity index is 519. The van der Waals surface area contributed by atoms with Crippen LogP contribution in [0.25, 0.3) is 5.82 Å². The molecule has 1 fully saturated rings. The number of nitrogens with one attached hydrogen (secondary N) is 1. The topological polar surface area (TPSA) is 52.0 Å². The average molecular weight is 230 g/mol. The summed E-state index contributed by atoms with van der Waals surface area (Å²) in [4.78, 5) is 8.63. The zero-order valence-electron chi connectivity index (χ0n) is 9.63. The highest BCUT2D eigenvalue weighted by molar-refractivity contribution is 5.57. The molecule has 0 radical (unpaired) electrons. The third kappa shape index (κ3) is 1.89. The van der Waals surface area contributed by atoms with Crippen molar-refractivity contribution in [3.63, 3.8) is 0 Å². The van der Waals surface area contributed by atoms with Crippen LogP contribution in [0.2, 0.25) is 0 Å². The number of rotatable bonds is 3. The number of aryl methyl sites for hydroxylation is 1. The van der Waals surface area contributed by atoms with Gasteiger partial charge in [0.1, 0.15) is 5.82 Å². The molecule has 2 aromatic rings. The summed E-state index contributed by atoms with van der Waals surface area (Å²) >= 11 is 0. The summed E-state index contributed by atoms with van der Waals surface area (Å²) in [6.45, 7) is 3.49. The molecule has 2 aromatic heterocycles. The highest BCUT2D eigenvalue weighted by Gasteiger charge is 2.19. The fourth-order valence-corrected chi connectivity index (χ4v) is 1.84. The van der Waals surface area contributed by atoms with Gasteiger partial charge >= 0.3 is 0 Å². The predicted octanol–water partition coefficient (Wildman–Crippen LogP) is 1.39. The van der Waals surface area contributed by atoms with Crippen molar-refractivity contribution < 1.29 is 4.74 Å². The monoisotopic (exact) mass is 230 g/mol. The summed E-state index contributed by atoms with van der Waals surface area (Å²) < 4.78 is 7.13. The molecule has 0 amide bonds. The second-order valence-electron chi connectivity index (χ2n) is 4.10. The minimum Gasteiger partial charge on any atom is -0.377 e. The first-order valence-corrected chi connectivity index (χ1v) is 5.64. The number of imidazole rings is 1. The van der Waals surface area contributed by atoms with Gasteiger partial charge in [0.15, 0.2) is 5.82 Å². The third-order valence-electron chi connectivity index (χ3n) is 2.84. The van der Waals surface area contributed by atoms with Crippen molar-refractivity contribution in [3.8, 4) is 5.82 Å². The van der Waals surface area contributed by atoms with Gasteiger partial charge in [-0.05, 0) is 19.1 Å². The quantitative estimate of drug-likeness (QED) is 0.865. The molecule has 5 nitrogen and oxygen atoms in total. The van der Waals surface area contributed by atoms with Gasteiger partial charge in [-0.3, -0.25) is 4.57 Å². The number of hydrogen-bond donors (Lipinski definition) is 1. The lowest BCUT2D eigenvalue weighted by Crippen LogP contribution is -2.40. The molecule has 0 spiro atoms. The Kier molecular flexibility index (Phi) is 2.53. The number of nitrogens with zero attached hydrogens (tertiary/aromatic N) is 3. The van der Waals surface area contributed by atoms with Crippen molar-refractivity contribution in [1.29, 1.82) is 0 Å².